The second kappa shape index (κ2) is 8.52. The molecule has 0 atom stereocenters. The third-order valence-corrected chi connectivity index (χ3v) is 6.99. The molecule has 1 fully saturated rings. The Labute approximate surface area is 183 Å². The molecule has 1 saturated heterocycles. The number of nitrogens with zero attached hydrogens (tertiary/aromatic N) is 3. The van der Waals surface area contributed by atoms with Crippen LogP contribution >= 0.6 is 34.3 Å². The van der Waals surface area contributed by atoms with Crippen LogP contribution in [0.3, 0.4) is 0 Å². The van der Waals surface area contributed by atoms with Crippen molar-refractivity contribution in [2.75, 3.05) is 18.0 Å². The molecular formula is C19H16ClF3N4OS2. The van der Waals surface area contributed by atoms with Gasteiger partial charge in [0.1, 0.15) is 16.5 Å². The molecule has 30 heavy (non-hydrogen) atoms. The Morgan fingerprint density at radius 3 is 2.57 bits per heavy atom. The van der Waals surface area contributed by atoms with Crippen LogP contribution in [0.4, 0.5) is 19.0 Å². The number of nitrogens with one attached hydrogen (secondary N) is 1. The third-order valence-electron chi connectivity index (χ3n) is 4.75. The molecule has 4 rings (SSSR count). The van der Waals surface area contributed by atoms with Crippen LogP contribution in [0.1, 0.15) is 28.9 Å². The number of carbonyl (C=O) groups is 1. The molecule has 1 amide bonds. The lowest BCUT2D eigenvalue weighted by atomic mass is 10.0. The van der Waals surface area contributed by atoms with Crippen LogP contribution in [0.25, 0.3) is 9.88 Å². The topological polar surface area (TPSA) is 58.1 Å². The van der Waals surface area contributed by atoms with Gasteiger partial charge < -0.3 is 10.2 Å². The Morgan fingerprint density at radius 2 is 1.97 bits per heavy atom. The second-order valence-corrected chi connectivity index (χ2v) is 9.35. The quantitative estimate of drug-likeness (QED) is 0.557. The van der Waals surface area contributed by atoms with E-state index in [4.69, 9.17) is 11.6 Å². The maximum Gasteiger partial charge on any atom is 0.417 e. The van der Waals surface area contributed by atoms with Crippen molar-refractivity contribution in [3.05, 3.63) is 51.4 Å². The summed E-state index contributed by atoms with van der Waals surface area (Å²) in [7, 11) is 0. The van der Waals surface area contributed by atoms with E-state index in [0.29, 0.717) is 41.8 Å². The molecule has 1 aliphatic rings. The molecule has 1 N–H and O–H groups in total. The average molecular weight is 473 g/mol. The molecule has 1 aliphatic heterocycles. The smallest absolute Gasteiger partial charge is 0.356 e. The van der Waals surface area contributed by atoms with Gasteiger partial charge in [-0.05, 0) is 37.1 Å². The van der Waals surface area contributed by atoms with Crippen molar-refractivity contribution in [2.24, 2.45) is 0 Å². The molecule has 0 aliphatic carbocycles. The Balaban J connectivity index is 1.31. The van der Waals surface area contributed by atoms with Crippen LogP contribution < -0.4 is 10.2 Å². The zero-order valence-corrected chi connectivity index (χ0v) is 17.8. The van der Waals surface area contributed by atoms with E-state index in [1.165, 1.54) is 28.7 Å². The first kappa shape index (κ1) is 21.1. The highest BCUT2D eigenvalue weighted by Gasteiger charge is 2.31. The van der Waals surface area contributed by atoms with Crippen molar-refractivity contribution in [2.45, 2.75) is 25.1 Å². The fraction of sp³-hybridized carbons (Fsp3) is 0.316. The number of piperidine rings is 1. The molecule has 0 radical (unpaired) electrons. The van der Waals surface area contributed by atoms with Crippen molar-refractivity contribution in [3.8, 4) is 9.88 Å². The number of hydrogen-bond acceptors (Lipinski definition) is 6. The molecule has 3 aromatic heterocycles. The molecule has 4 heterocycles. The third kappa shape index (κ3) is 4.76. The molecule has 0 aromatic carbocycles. The van der Waals surface area contributed by atoms with Gasteiger partial charge in [-0.25, -0.2) is 9.97 Å². The fourth-order valence-corrected chi connectivity index (χ4v) is 5.09. The summed E-state index contributed by atoms with van der Waals surface area (Å²) < 4.78 is 38.7. The highest BCUT2D eigenvalue weighted by Crippen LogP contribution is 2.33. The highest BCUT2D eigenvalue weighted by molar-refractivity contribution is 7.23. The van der Waals surface area contributed by atoms with E-state index in [2.05, 4.69) is 15.3 Å². The lowest BCUT2D eigenvalue weighted by Crippen LogP contribution is -2.45. The predicted molar refractivity (Wildman–Crippen MR) is 112 cm³/mol. The van der Waals surface area contributed by atoms with E-state index in [1.807, 2.05) is 11.0 Å². The standard InChI is InChI=1S/C19H16ClF3N4OS2/c20-15-3-2-14(30-15)18-26-13(10-29-18)17(28)25-12-5-7-27(8-6-12)16-4-1-11(9-24-16)19(21,22)23/h1-4,9-10,12H,5-8H2,(H,25,28). The molecule has 11 heteroatoms. The van der Waals surface area contributed by atoms with Crippen molar-refractivity contribution in [3.63, 3.8) is 0 Å². The number of rotatable bonds is 4. The summed E-state index contributed by atoms with van der Waals surface area (Å²) in [6.07, 6.45) is -2.20. The van der Waals surface area contributed by atoms with E-state index < -0.39 is 11.7 Å². The van der Waals surface area contributed by atoms with E-state index in [0.717, 1.165) is 22.1 Å². The number of carbonyl (C=O) groups excluding carboxylic acids is 1. The lowest BCUT2D eigenvalue weighted by Gasteiger charge is -2.33. The molecule has 0 spiro atoms. The first-order chi connectivity index (χ1) is 14.3. The summed E-state index contributed by atoms with van der Waals surface area (Å²) >= 11 is 8.75. The van der Waals surface area contributed by atoms with Crippen LogP contribution in [0.5, 0.6) is 0 Å². The molecular weight excluding hydrogens is 457 g/mol. The van der Waals surface area contributed by atoms with Crippen molar-refractivity contribution in [1.82, 2.24) is 15.3 Å². The van der Waals surface area contributed by atoms with E-state index >= 15 is 0 Å². The minimum absolute atomic E-state index is 0.0236. The second-order valence-electron chi connectivity index (χ2n) is 6.78. The molecule has 0 bridgehead atoms. The van der Waals surface area contributed by atoms with E-state index in [9.17, 15) is 18.0 Å². The predicted octanol–water partition coefficient (Wildman–Crippen LogP) is 5.34. The summed E-state index contributed by atoms with van der Waals surface area (Å²) in [6.45, 7) is 1.19. The van der Waals surface area contributed by atoms with Gasteiger partial charge in [0.25, 0.3) is 5.91 Å². The van der Waals surface area contributed by atoms with Gasteiger partial charge in [-0.15, -0.1) is 22.7 Å². The number of amides is 1. The average Bonchev–Trinajstić information content (AvgIpc) is 3.37. The van der Waals surface area contributed by atoms with E-state index in [-0.39, 0.29) is 11.9 Å². The van der Waals surface area contributed by atoms with Gasteiger partial charge >= 0.3 is 6.18 Å². The van der Waals surface area contributed by atoms with E-state index in [1.54, 1.807) is 11.4 Å². The number of pyridine rings is 1. The van der Waals surface area contributed by atoms with Crippen LogP contribution in [-0.4, -0.2) is 35.0 Å². The van der Waals surface area contributed by atoms with Gasteiger partial charge in [0.2, 0.25) is 0 Å². The maximum atomic E-state index is 12.7. The first-order valence-electron chi connectivity index (χ1n) is 9.10. The highest BCUT2D eigenvalue weighted by atomic mass is 35.5. The van der Waals surface area contributed by atoms with Gasteiger partial charge in [0.15, 0.2) is 0 Å². The Hall–Kier alpha value is -2.17. The van der Waals surface area contributed by atoms with Crippen molar-refractivity contribution >= 4 is 46.0 Å². The zero-order valence-electron chi connectivity index (χ0n) is 15.4. The van der Waals surface area contributed by atoms with Crippen LogP contribution in [0, 0.1) is 0 Å². The summed E-state index contributed by atoms with van der Waals surface area (Å²) in [5.74, 6) is 0.276. The first-order valence-corrected chi connectivity index (χ1v) is 11.2. The number of thiazole rings is 1. The Morgan fingerprint density at radius 1 is 1.20 bits per heavy atom. The number of thiophene rings is 1. The molecule has 5 nitrogen and oxygen atoms in total. The number of hydrogen-bond donors (Lipinski definition) is 1. The van der Waals surface area contributed by atoms with Gasteiger partial charge in [-0.2, -0.15) is 13.2 Å². The Kier molecular flexibility index (Phi) is 5.99. The number of aromatic nitrogens is 2. The summed E-state index contributed by atoms with van der Waals surface area (Å²) in [5.41, 5.74) is -0.396. The summed E-state index contributed by atoms with van der Waals surface area (Å²) in [4.78, 5) is 23.7. The van der Waals surface area contributed by atoms with Gasteiger partial charge in [0, 0.05) is 30.7 Å². The molecule has 0 unspecified atom stereocenters. The van der Waals surface area contributed by atoms with Crippen LogP contribution in [-0.2, 0) is 6.18 Å². The summed E-state index contributed by atoms with van der Waals surface area (Å²) in [5, 5.41) is 5.46. The normalized spacial score (nSPS) is 15.4. The fourth-order valence-electron chi connectivity index (χ4n) is 3.17. The van der Waals surface area contributed by atoms with Gasteiger partial charge in [-0.1, -0.05) is 11.6 Å². The van der Waals surface area contributed by atoms with Gasteiger partial charge in [0.05, 0.1) is 14.8 Å². The van der Waals surface area contributed by atoms with Crippen molar-refractivity contribution in [1.29, 1.82) is 0 Å². The van der Waals surface area contributed by atoms with Crippen molar-refractivity contribution < 1.29 is 18.0 Å². The molecule has 3 aromatic rings. The Bertz CT molecular complexity index is 1030. The molecule has 0 saturated carbocycles. The van der Waals surface area contributed by atoms with Gasteiger partial charge in [-0.3, -0.25) is 4.79 Å². The lowest BCUT2D eigenvalue weighted by molar-refractivity contribution is -0.137. The van der Waals surface area contributed by atoms with Crippen LogP contribution in [0.15, 0.2) is 35.8 Å². The number of halogens is 4. The largest absolute Gasteiger partial charge is 0.417 e. The zero-order chi connectivity index (χ0) is 21.3. The number of alkyl halides is 3. The monoisotopic (exact) mass is 472 g/mol. The number of anilines is 1. The molecule has 158 valence electrons. The SMILES string of the molecule is O=C(NC1CCN(c2ccc(C(F)(F)F)cn2)CC1)c1csc(-c2ccc(Cl)s2)n1. The minimum Gasteiger partial charge on any atom is -0.356 e. The minimum atomic E-state index is -4.39. The van der Waals surface area contributed by atoms with Crippen LogP contribution in [0.2, 0.25) is 4.34 Å². The maximum absolute atomic E-state index is 12.7. The summed E-state index contributed by atoms with van der Waals surface area (Å²) in [6, 6.07) is 6.07.